The van der Waals surface area contributed by atoms with Gasteiger partial charge in [0.15, 0.2) is 0 Å². The van der Waals surface area contributed by atoms with Crippen molar-refractivity contribution < 1.29 is 29.0 Å². The van der Waals surface area contributed by atoms with Gasteiger partial charge in [-0.1, -0.05) is 30.3 Å². The number of carbonyl (C=O) groups excluding carboxylic acids is 2. The molecule has 27 heavy (non-hydrogen) atoms. The van der Waals surface area contributed by atoms with Gasteiger partial charge in [0.25, 0.3) is 0 Å². The summed E-state index contributed by atoms with van der Waals surface area (Å²) in [6.07, 6.45) is -0.374. The predicted octanol–water partition coefficient (Wildman–Crippen LogP) is 3.08. The number of aliphatic carboxylic acids is 1. The van der Waals surface area contributed by atoms with Gasteiger partial charge < -0.3 is 19.5 Å². The number of hydrogen-bond acceptors (Lipinski definition) is 5. The first kappa shape index (κ1) is 20.7. The standard InChI is InChI=1S/C20H27NO6/c1-19(2,3)27-18(25)21-11-10-15(20(4,13-21)17(23)24)16(22)26-12-14-8-6-5-7-9-14/h5-9,15H,10-13H2,1-4H3,(H,23,24)/t15-,20+/m0/s1. The van der Waals surface area contributed by atoms with Gasteiger partial charge in [0.2, 0.25) is 0 Å². The number of carboxylic acid groups (broad SMARTS) is 1. The van der Waals surface area contributed by atoms with Gasteiger partial charge in [-0.05, 0) is 39.7 Å². The number of likely N-dealkylation sites (tertiary alicyclic amines) is 1. The van der Waals surface area contributed by atoms with E-state index in [4.69, 9.17) is 9.47 Å². The molecule has 2 rings (SSSR count). The molecular weight excluding hydrogens is 350 g/mol. The Morgan fingerprint density at radius 2 is 1.85 bits per heavy atom. The molecule has 0 aliphatic carbocycles. The van der Waals surface area contributed by atoms with Crippen LogP contribution in [0.2, 0.25) is 0 Å². The van der Waals surface area contributed by atoms with Gasteiger partial charge >= 0.3 is 18.0 Å². The average molecular weight is 377 g/mol. The van der Waals surface area contributed by atoms with E-state index in [0.29, 0.717) is 0 Å². The highest BCUT2D eigenvalue weighted by atomic mass is 16.6. The molecular formula is C20H27NO6. The third-order valence-electron chi connectivity index (χ3n) is 4.62. The van der Waals surface area contributed by atoms with Gasteiger partial charge in [-0.3, -0.25) is 9.59 Å². The van der Waals surface area contributed by atoms with E-state index in [1.54, 1.807) is 20.8 Å². The molecule has 0 spiro atoms. The molecule has 1 amide bonds. The van der Waals surface area contributed by atoms with Crippen LogP contribution in [0, 0.1) is 11.3 Å². The summed E-state index contributed by atoms with van der Waals surface area (Å²) in [5.41, 5.74) is -1.29. The topological polar surface area (TPSA) is 93.1 Å². The summed E-state index contributed by atoms with van der Waals surface area (Å²) in [7, 11) is 0. The summed E-state index contributed by atoms with van der Waals surface area (Å²) >= 11 is 0. The van der Waals surface area contributed by atoms with E-state index in [9.17, 15) is 19.5 Å². The molecule has 0 radical (unpaired) electrons. The minimum absolute atomic E-state index is 0.0850. The fourth-order valence-corrected chi connectivity index (χ4v) is 3.10. The lowest BCUT2D eigenvalue weighted by Crippen LogP contribution is -2.56. The first-order valence-corrected chi connectivity index (χ1v) is 8.95. The molecule has 0 bridgehead atoms. The second-order valence-corrected chi connectivity index (χ2v) is 8.06. The van der Waals surface area contributed by atoms with E-state index in [0.717, 1.165) is 5.56 Å². The highest BCUT2D eigenvalue weighted by Crippen LogP contribution is 2.37. The molecule has 1 N–H and O–H groups in total. The lowest BCUT2D eigenvalue weighted by molar-refractivity contribution is -0.170. The van der Waals surface area contributed by atoms with Crippen molar-refractivity contribution in [1.29, 1.82) is 0 Å². The van der Waals surface area contributed by atoms with Gasteiger partial charge in [0, 0.05) is 13.1 Å². The zero-order valence-corrected chi connectivity index (χ0v) is 16.2. The largest absolute Gasteiger partial charge is 0.481 e. The Bertz CT molecular complexity index is 696. The van der Waals surface area contributed by atoms with Crippen LogP contribution in [0.4, 0.5) is 4.79 Å². The number of nitrogens with zero attached hydrogens (tertiary/aromatic N) is 1. The quantitative estimate of drug-likeness (QED) is 0.811. The van der Waals surface area contributed by atoms with E-state index in [2.05, 4.69) is 0 Å². The summed E-state index contributed by atoms with van der Waals surface area (Å²) in [5.74, 6) is -2.54. The Hall–Kier alpha value is -2.57. The Labute approximate surface area is 159 Å². The maximum Gasteiger partial charge on any atom is 0.410 e. The molecule has 1 aromatic carbocycles. The Morgan fingerprint density at radius 1 is 1.22 bits per heavy atom. The number of ether oxygens (including phenoxy) is 2. The monoisotopic (exact) mass is 377 g/mol. The van der Waals surface area contributed by atoms with Crippen molar-refractivity contribution in [2.45, 2.75) is 46.3 Å². The highest BCUT2D eigenvalue weighted by Gasteiger charge is 2.51. The minimum atomic E-state index is -1.44. The second kappa shape index (κ2) is 7.98. The van der Waals surface area contributed by atoms with E-state index in [1.807, 2.05) is 30.3 Å². The molecule has 1 fully saturated rings. The third-order valence-corrected chi connectivity index (χ3v) is 4.62. The lowest BCUT2D eigenvalue weighted by Gasteiger charge is -2.42. The van der Waals surface area contributed by atoms with E-state index < -0.39 is 35.0 Å². The molecule has 0 unspecified atom stereocenters. The first-order chi connectivity index (χ1) is 12.5. The maximum atomic E-state index is 12.6. The van der Waals surface area contributed by atoms with Crippen LogP contribution in [0.25, 0.3) is 0 Å². The maximum absolute atomic E-state index is 12.6. The fraction of sp³-hybridized carbons (Fsp3) is 0.550. The smallest absolute Gasteiger partial charge is 0.410 e. The Morgan fingerprint density at radius 3 is 2.41 bits per heavy atom. The van der Waals surface area contributed by atoms with Crippen molar-refractivity contribution in [3.63, 3.8) is 0 Å². The molecule has 1 aliphatic rings. The normalized spacial score (nSPS) is 22.8. The average Bonchev–Trinajstić information content (AvgIpc) is 2.59. The number of hydrogen-bond donors (Lipinski definition) is 1. The van der Waals surface area contributed by atoms with Crippen molar-refractivity contribution in [2.24, 2.45) is 11.3 Å². The second-order valence-electron chi connectivity index (χ2n) is 8.06. The zero-order valence-electron chi connectivity index (χ0n) is 16.2. The van der Waals surface area contributed by atoms with Crippen molar-refractivity contribution in [3.05, 3.63) is 35.9 Å². The van der Waals surface area contributed by atoms with Crippen LogP contribution in [-0.2, 0) is 25.7 Å². The summed E-state index contributed by atoms with van der Waals surface area (Å²) in [4.78, 5) is 38.2. The minimum Gasteiger partial charge on any atom is -0.481 e. The number of carboxylic acids is 1. The van der Waals surface area contributed by atoms with Crippen molar-refractivity contribution in [3.8, 4) is 0 Å². The molecule has 1 heterocycles. The molecule has 1 aromatic rings. The van der Waals surface area contributed by atoms with Crippen molar-refractivity contribution in [2.75, 3.05) is 13.1 Å². The zero-order chi connectivity index (χ0) is 20.2. The number of rotatable bonds is 4. The molecule has 148 valence electrons. The third kappa shape index (κ3) is 5.21. The van der Waals surface area contributed by atoms with Gasteiger partial charge in [0.05, 0.1) is 11.3 Å². The molecule has 7 nitrogen and oxygen atoms in total. The van der Waals surface area contributed by atoms with E-state index >= 15 is 0 Å². The summed E-state index contributed by atoms with van der Waals surface area (Å²) in [6.45, 7) is 6.92. The van der Waals surface area contributed by atoms with Gasteiger partial charge in [-0.25, -0.2) is 4.79 Å². The number of amides is 1. The van der Waals surface area contributed by atoms with Gasteiger partial charge in [-0.15, -0.1) is 0 Å². The molecule has 1 saturated heterocycles. The SMILES string of the molecule is CC(C)(C)OC(=O)N1CC[C@@H](C(=O)OCc2ccccc2)[C@](C)(C(=O)O)C1. The van der Waals surface area contributed by atoms with Crippen LogP contribution in [0.3, 0.4) is 0 Å². The highest BCUT2D eigenvalue weighted by molar-refractivity contribution is 5.85. The molecule has 2 atom stereocenters. The summed E-state index contributed by atoms with van der Waals surface area (Å²) in [6, 6.07) is 9.19. The van der Waals surface area contributed by atoms with Crippen molar-refractivity contribution in [1.82, 2.24) is 4.90 Å². The van der Waals surface area contributed by atoms with Crippen LogP contribution in [-0.4, -0.2) is 46.7 Å². The molecule has 0 aromatic heterocycles. The van der Waals surface area contributed by atoms with Crippen LogP contribution in [0.15, 0.2) is 30.3 Å². The van der Waals surface area contributed by atoms with Crippen LogP contribution in [0.5, 0.6) is 0 Å². The van der Waals surface area contributed by atoms with Crippen LogP contribution >= 0.6 is 0 Å². The molecule has 0 saturated carbocycles. The Kier molecular flexibility index (Phi) is 6.13. The number of esters is 1. The number of carbonyl (C=O) groups is 3. The number of benzene rings is 1. The molecule has 7 heteroatoms. The first-order valence-electron chi connectivity index (χ1n) is 8.95. The fourth-order valence-electron chi connectivity index (χ4n) is 3.10. The predicted molar refractivity (Wildman–Crippen MR) is 97.9 cm³/mol. The Balaban J connectivity index is 2.08. The van der Waals surface area contributed by atoms with Crippen molar-refractivity contribution >= 4 is 18.0 Å². The molecule has 1 aliphatic heterocycles. The van der Waals surface area contributed by atoms with E-state index in [-0.39, 0.29) is 26.1 Å². The van der Waals surface area contributed by atoms with Gasteiger partial charge in [0.1, 0.15) is 12.2 Å². The van der Waals surface area contributed by atoms with Crippen LogP contribution in [0.1, 0.15) is 39.7 Å². The lowest BCUT2D eigenvalue weighted by atomic mass is 9.72. The number of piperidine rings is 1. The van der Waals surface area contributed by atoms with Crippen LogP contribution < -0.4 is 0 Å². The summed E-state index contributed by atoms with van der Waals surface area (Å²) in [5, 5.41) is 9.75. The van der Waals surface area contributed by atoms with Gasteiger partial charge in [-0.2, -0.15) is 0 Å². The summed E-state index contributed by atoms with van der Waals surface area (Å²) < 4.78 is 10.7. The van der Waals surface area contributed by atoms with E-state index in [1.165, 1.54) is 11.8 Å².